The minimum absolute atomic E-state index is 0.0498. The van der Waals surface area contributed by atoms with E-state index < -0.39 is 12.0 Å². The van der Waals surface area contributed by atoms with E-state index >= 15 is 0 Å². The van der Waals surface area contributed by atoms with Gasteiger partial charge in [0.15, 0.2) is 5.78 Å². The minimum atomic E-state index is -0.447. The number of esters is 1. The van der Waals surface area contributed by atoms with Gasteiger partial charge in [-0.15, -0.1) is 0 Å². The van der Waals surface area contributed by atoms with Gasteiger partial charge < -0.3 is 19.7 Å². The van der Waals surface area contributed by atoms with Gasteiger partial charge in [0.25, 0.3) is 0 Å². The number of benzene rings is 3. The third-order valence-electron chi connectivity index (χ3n) is 6.36. The highest BCUT2D eigenvalue weighted by molar-refractivity contribution is 6.01. The number of nitrogens with one attached hydrogen (secondary N) is 1. The smallest absolute Gasteiger partial charge is 0.339 e. The first-order chi connectivity index (χ1) is 17.1. The maximum Gasteiger partial charge on any atom is 0.339 e. The zero-order valence-corrected chi connectivity index (χ0v) is 20.1. The van der Waals surface area contributed by atoms with Crippen molar-refractivity contribution in [3.8, 4) is 5.75 Å². The van der Waals surface area contributed by atoms with Crippen LogP contribution in [-0.4, -0.2) is 69.6 Å². The topological polar surface area (TPSA) is 71.1 Å². The monoisotopic (exact) mass is 473 g/mol. The number of methoxy groups -OCH3 is 2. The number of hydrogen-bond donors (Lipinski definition) is 1. The van der Waals surface area contributed by atoms with E-state index in [4.69, 9.17) is 9.47 Å². The Morgan fingerprint density at radius 3 is 2.17 bits per heavy atom. The number of ether oxygens (including phenoxy) is 2. The van der Waals surface area contributed by atoms with Gasteiger partial charge in [-0.2, -0.15) is 0 Å². The van der Waals surface area contributed by atoms with Crippen molar-refractivity contribution in [1.82, 2.24) is 4.90 Å². The molecule has 3 aromatic carbocycles. The minimum Gasteiger partial charge on any atom is -0.497 e. The highest BCUT2D eigenvalue weighted by atomic mass is 16.5. The summed E-state index contributed by atoms with van der Waals surface area (Å²) in [5.74, 6) is 0.217. The molecule has 1 saturated heterocycles. The number of piperazine rings is 1. The molecule has 182 valence electrons. The molecular formula is C28H31N3O4. The van der Waals surface area contributed by atoms with Gasteiger partial charge in [-0.1, -0.05) is 48.5 Å². The first-order valence-corrected chi connectivity index (χ1v) is 11.7. The van der Waals surface area contributed by atoms with Crippen molar-refractivity contribution in [2.45, 2.75) is 6.04 Å². The lowest BCUT2D eigenvalue weighted by Gasteiger charge is -2.40. The number of anilines is 2. The van der Waals surface area contributed by atoms with Crippen LogP contribution in [0.4, 0.5) is 11.4 Å². The molecule has 0 radical (unpaired) electrons. The Kier molecular flexibility index (Phi) is 8.00. The fourth-order valence-corrected chi connectivity index (χ4v) is 4.40. The summed E-state index contributed by atoms with van der Waals surface area (Å²) in [6.45, 7) is 3.50. The number of ketones is 1. The van der Waals surface area contributed by atoms with E-state index in [9.17, 15) is 9.59 Å². The lowest BCUT2D eigenvalue weighted by molar-refractivity contribution is 0.0601. The average Bonchev–Trinajstić information content (AvgIpc) is 2.93. The summed E-state index contributed by atoms with van der Waals surface area (Å²) >= 11 is 0. The van der Waals surface area contributed by atoms with Gasteiger partial charge in [0.05, 0.1) is 31.5 Å². The van der Waals surface area contributed by atoms with Crippen LogP contribution in [0.1, 0.15) is 20.7 Å². The highest BCUT2D eigenvalue weighted by Gasteiger charge is 2.30. The Morgan fingerprint density at radius 1 is 0.886 bits per heavy atom. The largest absolute Gasteiger partial charge is 0.497 e. The Hall–Kier alpha value is -3.84. The predicted octanol–water partition coefficient (Wildman–Crippen LogP) is 3.97. The predicted molar refractivity (Wildman–Crippen MR) is 138 cm³/mol. The molecule has 1 aliphatic rings. The van der Waals surface area contributed by atoms with Gasteiger partial charge in [0.2, 0.25) is 0 Å². The SMILES string of the molecule is COC(=O)c1ccc(OC)cc1NCC(C(=O)c1ccccc1)N1CCN(c2ccccc2)CC1. The third kappa shape index (κ3) is 5.81. The van der Waals surface area contributed by atoms with Gasteiger partial charge >= 0.3 is 5.97 Å². The van der Waals surface area contributed by atoms with Gasteiger partial charge in [0.1, 0.15) is 5.75 Å². The summed E-state index contributed by atoms with van der Waals surface area (Å²) in [4.78, 5) is 30.5. The van der Waals surface area contributed by atoms with Crippen molar-refractivity contribution in [2.75, 3.05) is 57.2 Å². The van der Waals surface area contributed by atoms with Crippen LogP contribution in [0.25, 0.3) is 0 Å². The molecule has 0 amide bonds. The first-order valence-electron chi connectivity index (χ1n) is 11.7. The zero-order valence-electron chi connectivity index (χ0n) is 20.1. The number of hydrogen-bond acceptors (Lipinski definition) is 7. The van der Waals surface area contributed by atoms with E-state index in [0.29, 0.717) is 29.1 Å². The van der Waals surface area contributed by atoms with Crippen LogP contribution in [0.2, 0.25) is 0 Å². The summed E-state index contributed by atoms with van der Waals surface area (Å²) in [6.07, 6.45) is 0. The molecule has 7 heteroatoms. The summed E-state index contributed by atoms with van der Waals surface area (Å²) in [6, 6.07) is 24.4. The van der Waals surface area contributed by atoms with E-state index in [0.717, 1.165) is 26.2 Å². The molecule has 4 rings (SSSR count). The van der Waals surface area contributed by atoms with Crippen LogP contribution >= 0.6 is 0 Å². The lowest BCUT2D eigenvalue weighted by Crippen LogP contribution is -2.55. The second-order valence-electron chi connectivity index (χ2n) is 8.39. The van der Waals surface area contributed by atoms with Crippen molar-refractivity contribution in [1.29, 1.82) is 0 Å². The van der Waals surface area contributed by atoms with Crippen molar-refractivity contribution >= 4 is 23.1 Å². The molecular weight excluding hydrogens is 442 g/mol. The van der Waals surface area contributed by atoms with Crippen LogP contribution in [-0.2, 0) is 4.74 Å². The van der Waals surface area contributed by atoms with Gasteiger partial charge in [-0.3, -0.25) is 9.69 Å². The van der Waals surface area contributed by atoms with E-state index in [1.807, 2.05) is 48.5 Å². The summed E-state index contributed by atoms with van der Waals surface area (Å²) in [5, 5.41) is 3.34. The fraction of sp³-hybridized carbons (Fsp3) is 0.286. The Bertz CT molecular complexity index is 1130. The van der Waals surface area contributed by atoms with Crippen LogP contribution in [0.15, 0.2) is 78.9 Å². The number of para-hydroxylation sites is 1. The molecule has 0 bridgehead atoms. The van der Waals surface area contributed by atoms with E-state index in [-0.39, 0.29) is 5.78 Å². The zero-order chi connectivity index (χ0) is 24.6. The van der Waals surface area contributed by atoms with Gasteiger partial charge in [-0.05, 0) is 24.3 Å². The molecule has 0 spiro atoms. The molecule has 0 aliphatic carbocycles. The van der Waals surface area contributed by atoms with Crippen molar-refractivity contribution in [3.05, 3.63) is 90.0 Å². The molecule has 1 atom stereocenters. The number of Topliss-reactive ketones (excluding diaryl/α,β-unsaturated/α-hetero) is 1. The first kappa shape index (κ1) is 24.3. The van der Waals surface area contributed by atoms with Crippen molar-refractivity contribution in [3.63, 3.8) is 0 Å². The molecule has 1 heterocycles. The molecule has 35 heavy (non-hydrogen) atoms. The van der Waals surface area contributed by atoms with Crippen molar-refractivity contribution < 1.29 is 19.1 Å². The lowest BCUT2D eigenvalue weighted by atomic mass is 10.0. The second-order valence-corrected chi connectivity index (χ2v) is 8.39. The molecule has 7 nitrogen and oxygen atoms in total. The van der Waals surface area contributed by atoms with Crippen LogP contribution < -0.4 is 15.0 Å². The van der Waals surface area contributed by atoms with E-state index in [2.05, 4.69) is 27.2 Å². The number of carbonyl (C=O) groups excluding carboxylic acids is 2. The van der Waals surface area contributed by atoms with Crippen LogP contribution in [0.5, 0.6) is 5.75 Å². The number of rotatable bonds is 9. The van der Waals surface area contributed by atoms with Gasteiger partial charge in [0, 0.05) is 50.0 Å². The maximum absolute atomic E-state index is 13.6. The summed E-state index contributed by atoms with van der Waals surface area (Å²) in [7, 11) is 2.93. The van der Waals surface area contributed by atoms with Gasteiger partial charge in [-0.25, -0.2) is 4.79 Å². The summed E-state index contributed by atoms with van der Waals surface area (Å²) in [5.41, 5.74) is 2.83. The molecule has 1 N–H and O–H groups in total. The average molecular weight is 474 g/mol. The molecule has 1 aliphatic heterocycles. The molecule has 0 saturated carbocycles. The van der Waals surface area contributed by atoms with E-state index in [1.54, 1.807) is 25.3 Å². The van der Waals surface area contributed by atoms with Crippen molar-refractivity contribution in [2.24, 2.45) is 0 Å². The Balaban J connectivity index is 1.55. The standard InChI is InChI=1S/C28H31N3O4/c1-34-23-13-14-24(28(33)35-2)25(19-23)29-20-26(27(32)21-9-5-3-6-10-21)31-17-15-30(16-18-31)22-11-7-4-8-12-22/h3-14,19,26,29H,15-18,20H2,1-2H3. The normalized spacial score (nSPS) is 14.7. The fourth-order valence-electron chi connectivity index (χ4n) is 4.40. The Morgan fingerprint density at radius 2 is 1.54 bits per heavy atom. The molecule has 1 unspecified atom stereocenters. The maximum atomic E-state index is 13.6. The van der Waals surface area contributed by atoms with Crippen LogP contribution in [0, 0.1) is 0 Å². The van der Waals surface area contributed by atoms with E-state index in [1.165, 1.54) is 12.8 Å². The molecule has 3 aromatic rings. The second kappa shape index (κ2) is 11.5. The summed E-state index contributed by atoms with van der Waals surface area (Å²) < 4.78 is 10.3. The quantitative estimate of drug-likeness (QED) is 0.373. The van der Waals surface area contributed by atoms with Crippen LogP contribution in [0.3, 0.4) is 0 Å². The molecule has 0 aromatic heterocycles. The Labute approximate surface area is 206 Å². The third-order valence-corrected chi connectivity index (χ3v) is 6.36. The number of nitrogens with zero attached hydrogens (tertiary/aromatic N) is 2. The highest BCUT2D eigenvalue weighted by Crippen LogP contribution is 2.24. The number of carbonyl (C=O) groups is 2. The molecule has 1 fully saturated rings.